The van der Waals surface area contributed by atoms with Crippen molar-refractivity contribution in [3.05, 3.63) is 0 Å². The maximum atomic E-state index is 12.0. The Morgan fingerprint density at radius 3 is 2.32 bits per heavy atom. The number of rotatable bonds is 8. The fraction of sp³-hybridized carbons (Fsp3) is 0.933. The first-order valence-corrected chi connectivity index (χ1v) is 9.73. The van der Waals surface area contributed by atoms with E-state index in [9.17, 15) is 13.2 Å². The Labute approximate surface area is 134 Å². The number of carbonyl (C=O) groups is 1. The van der Waals surface area contributed by atoms with Crippen molar-refractivity contribution in [2.45, 2.75) is 46.6 Å². The van der Waals surface area contributed by atoms with Gasteiger partial charge in [0, 0.05) is 12.5 Å². The minimum absolute atomic E-state index is 0.0434. The molecule has 130 valence electrons. The lowest BCUT2D eigenvalue weighted by molar-refractivity contribution is -0.122. The summed E-state index contributed by atoms with van der Waals surface area (Å²) < 4.78 is 31.6. The Balaban J connectivity index is 2.31. The van der Waals surface area contributed by atoms with Crippen molar-refractivity contribution >= 4 is 15.9 Å². The number of sulfonamides is 1. The number of amides is 1. The first-order valence-electron chi connectivity index (χ1n) is 8.08. The Morgan fingerprint density at radius 1 is 1.23 bits per heavy atom. The summed E-state index contributed by atoms with van der Waals surface area (Å²) in [5, 5.41) is 0. The number of hydrogen-bond acceptors (Lipinski definition) is 5. The standard InChI is InChI=1S/C15H30N2O4S/c1-12(2)15(18)16-22(19,20)11-14-5-7-17(8-6-14)9-10-21-13(3)4/h12-14H,5-11H2,1-4H3,(H,16,18). The summed E-state index contributed by atoms with van der Waals surface area (Å²) >= 11 is 0. The largest absolute Gasteiger partial charge is 0.377 e. The zero-order valence-electron chi connectivity index (χ0n) is 14.2. The van der Waals surface area contributed by atoms with Crippen molar-refractivity contribution < 1.29 is 17.9 Å². The van der Waals surface area contributed by atoms with Crippen LogP contribution in [0.3, 0.4) is 0 Å². The Bertz CT molecular complexity index is 440. The molecule has 0 aromatic heterocycles. The molecular weight excluding hydrogens is 304 g/mol. The molecule has 1 amide bonds. The summed E-state index contributed by atoms with van der Waals surface area (Å²) in [6.07, 6.45) is 1.93. The molecule has 1 heterocycles. The van der Waals surface area contributed by atoms with Crippen LogP contribution in [-0.4, -0.2) is 57.3 Å². The first-order chi connectivity index (χ1) is 10.2. The van der Waals surface area contributed by atoms with Gasteiger partial charge in [-0.15, -0.1) is 0 Å². The summed E-state index contributed by atoms with van der Waals surface area (Å²) in [5.41, 5.74) is 0. The summed E-state index contributed by atoms with van der Waals surface area (Å²) in [6.45, 7) is 10.8. The van der Waals surface area contributed by atoms with E-state index >= 15 is 0 Å². The average Bonchev–Trinajstić information content (AvgIpc) is 2.39. The Kier molecular flexibility index (Phi) is 7.79. The van der Waals surface area contributed by atoms with Gasteiger partial charge in [0.25, 0.3) is 0 Å². The number of ether oxygens (including phenoxy) is 1. The van der Waals surface area contributed by atoms with Crippen molar-refractivity contribution in [3.8, 4) is 0 Å². The molecule has 0 unspecified atom stereocenters. The SMILES string of the molecule is CC(C)OCCN1CCC(CS(=O)(=O)NC(=O)C(C)C)CC1. The molecule has 7 heteroatoms. The van der Waals surface area contributed by atoms with E-state index in [-0.39, 0.29) is 23.7 Å². The lowest BCUT2D eigenvalue weighted by atomic mass is 9.99. The Hall–Kier alpha value is -0.660. The quantitative estimate of drug-likeness (QED) is 0.722. The molecule has 0 aromatic rings. The van der Waals surface area contributed by atoms with Crippen molar-refractivity contribution in [2.24, 2.45) is 11.8 Å². The average molecular weight is 334 g/mol. The summed E-state index contributed by atoms with van der Waals surface area (Å²) in [7, 11) is -3.51. The number of nitrogens with zero attached hydrogens (tertiary/aromatic N) is 1. The molecular formula is C15H30N2O4S. The van der Waals surface area contributed by atoms with Gasteiger partial charge in [0.2, 0.25) is 15.9 Å². The Morgan fingerprint density at radius 2 is 1.82 bits per heavy atom. The van der Waals surface area contributed by atoms with Crippen LogP contribution < -0.4 is 4.72 Å². The highest BCUT2D eigenvalue weighted by Crippen LogP contribution is 2.18. The molecule has 1 fully saturated rings. The molecule has 0 aliphatic carbocycles. The zero-order chi connectivity index (χ0) is 16.8. The van der Waals surface area contributed by atoms with Gasteiger partial charge >= 0.3 is 0 Å². The third kappa shape index (κ3) is 7.56. The molecule has 6 nitrogen and oxygen atoms in total. The van der Waals surface area contributed by atoms with E-state index in [0.717, 1.165) is 32.5 Å². The molecule has 0 atom stereocenters. The minimum Gasteiger partial charge on any atom is -0.377 e. The molecule has 1 aliphatic heterocycles. The van der Waals surface area contributed by atoms with E-state index in [1.54, 1.807) is 13.8 Å². The predicted octanol–water partition coefficient (Wildman–Crippen LogP) is 1.23. The summed E-state index contributed by atoms with van der Waals surface area (Å²) in [6, 6.07) is 0. The second-order valence-electron chi connectivity index (χ2n) is 6.61. The summed E-state index contributed by atoms with van der Waals surface area (Å²) in [5.74, 6) is -0.581. The van der Waals surface area contributed by atoms with E-state index < -0.39 is 15.9 Å². The molecule has 0 radical (unpaired) electrons. The fourth-order valence-electron chi connectivity index (χ4n) is 2.42. The first kappa shape index (κ1) is 19.4. The molecule has 22 heavy (non-hydrogen) atoms. The number of carbonyl (C=O) groups excluding carboxylic acids is 1. The second-order valence-corrected chi connectivity index (χ2v) is 8.37. The van der Waals surface area contributed by atoms with Gasteiger partial charge in [-0.05, 0) is 45.7 Å². The highest BCUT2D eigenvalue weighted by molar-refractivity contribution is 7.90. The van der Waals surface area contributed by atoms with Crippen molar-refractivity contribution in [2.75, 3.05) is 32.0 Å². The lowest BCUT2D eigenvalue weighted by Gasteiger charge is -2.31. The highest BCUT2D eigenvalue weighted by Gasteiger charge is 2.26. The van der Waals surface area contributed by atoms with Crippen LogP contribution in [0.5, 0.6) is 0 Å². The van der Waals surface area contributed by atoms with Gasteiger partial charge in [0.15, 0.2) is 0 Å². The van der Waals surface area contributed by atoms with Crippen LogP contribution in [0.4, 0.5) is 0 Å². The van der Waals surface area contributed by atoms with Gasteiger partial charge in [-0.2, -0.15) is 0 Å². The minimum atomic E-state index is -3.51. The van der Waals surface area contributed by atoms with Crippen LogP contribution in [0.2, 0.25) is 0 Å². The molecule has 1 rings (SSSR count). The van der Waals surface area contributed by atoms with Crippen LogP contribution in [0.25, 0.3) is 0 Å². The molecule has 1 saturated heterocycles. The fourth-order valence-corrected chi connectivity index (χ4v) is 4.00. The van der Waals surface area contributed by atoms with Crippen LogP contribution in [-0.2, 0) is 19.6 Å². The number of piperidine rings is 1. The van der Waals surface area contributed by atoms with E-state index in [1.807, 2.05) is 13.8 Å². The second kappa shape index (κ2) is 8.84. The van der Waals surface area contributed by atoms with E-state index in [1.165, 1.54) is 0 Å². The van der Waals surface area contributed by atoms with Gasteiger partial charge in [0.05, 0.1) is 18.5 Å². The molecule has 0 saturated carbocycles. The van der Waals surface area contributed by atoms with Gasteiger partial charge in [-0.1, -0.05) is 13.8 Å². The molecule has 1 aliphatic rings. The van der Waals surface area contributed by atoms with Crippen molar-refractivity contribution in [1.82, 2.24) is 9.62 Å². The normalized spacial score (nSPS) is 18.1. The van der Waals surface area contributed by atoms with Gasteiger partial charge in [0.1, 0.15) is 0 Å². The smallest absolute Gasteiger partial charge is 0.235 e. The highest BCUT2D eigenvalue weighted by atomic mass is 32.2. The topological polar surface area (TPSA) is 75.7 Å². The maximum Gasteiger partial charge on any atom is 0.235 e. The zero-order valence-corrected chi connectivity index (χ0v) is 15.0. The molecule has 0 spiro atoms. The van der Waals surface area contributed by atoms with Crippen LogP contribution >= 0.6 is 0 Å². The molecule has 0 bridgehead atoms. The monoisotopic (exact) mass is 334 g/mol. The molecule has 0 aromatic carbocycles. The number of likely N-dealkylation sites (tertiary alicyclic amines) is 1. The molecule has 1 N–H and O–H groups in total. The number of nitrogens with one attached hydrogen (secondary N) is 1. The van der Waals surface area contributed by atoms with Crippen molar-refractivity contribution in [3.63, 3.8) is 0 Å². The van der Waals surface area contributed by atoms with Gasteiger partial charge in [-0.3, -0.25) is 9.52 Å². The lowest BCUT2D eigenvalue weighted by Crippen LogP contribution is -2.41. The van der Waals surface area contributed by atoms with Crippen LogP contribution in [0.1, 0.15) is 40.5 Å². The van der Waals surface area contributed by atoms with Crippen LogP contribution in [0.15, 0.2) is 0 Å². The van der Waals surface area contributed by atoms with E-state index in [2.05, 4.69) is 9.62 Å². The third-order valence-corrected chi connectivity index (χ3v) is 5.22. The van der Waals surface area contributed by atoms with E-state index in [0.29, 0.717) is 6.61 Å². The third-order valence-electron chi connectivity index (χ3n) is 3.80. The van der Waals surface area contributed by atoms with E-state index in [4.69, 9.17) is 4.74 Å². The maximum absolute atomic E-state index is 12.0. The predicted molar refractivity (Wildman–Crippen MR) is 87.0 cm³/mol. The van der Waals surface area contributed by atoms with Gasteiger partial charge in [-0.25, -0.2) is 8.42 Å². The summed E-state index contributed by atoms with van der Waals surface area (Å²) in [4.78, 5) is 13.8. The number of hydrogen-bond donors (Lipinski definition) is 1. The van der Waals surface area contributed by atoms with Crippen molar-refractivity contribution in [1.29, 1.82) is 0 Å². The van der Waals surface area contributed by atoms with Gasteiger partial charge < -0.3 is 9.64 Å². The van der Waals surface area contributed by atoms with Crippen LogP contribution in [0, 0.1) is 11.8 Å².